The molecule has 3 heteroatoms. The molecule has 0 saturated heterocycles. The number of ether oxygens (including phenoxy) is 1. The maximum Gasteiger partial charge on any atom is 0.312 e. The maximum absolute atomic E-state index is 14.0. The first-order valence-electron chi connectivity index (χ1n) is 16.3. The smallest absolute Gasteiger partial charge is 0.312 e. The van der Waals surface area contributed by atoms with Crippen molar-refractivity contribution in [3.8, 4) is 0 Å². The number of carbonyl (C=O) groups excluding carboxylic acids is 2. The second-order valence-electron chi connectivity index (χ2n) is 16.1. The summed E-state index contributed by atoms with van der Waals surface area (Å²) in [5.74, 6) is 2.55. The fourth-order valence-corrected chi connectivity index (χ4v) is 12.4. The van der Waals surface area contributed by atoms with Crippen LogP contribution in [0.5, 0.6) is 0 Å². The minimum atomic E-state index is -0.365. The molecule has 6 rings (SSSR count). The summed E-state index contributed by atoms with van der Waals surface area (Å²) in [5, 5.41) is 0. The van der Waals surface area contributed by atoms with Crippen LogP contribution in [0.2, 0.25) is 0 Å². The van der Waals surface area contributed by atoms with Gasteiger partial charge in [0.05, 0.1) is 12.5 Å². The molecule has 0 unspecified atom stereocenters. The molecule has 9 atom stereocenters. The van der Waals surface area contributed by atoms with Crippen molar-refractivity contribution in [1.82, 2.24) is 0 Å². The van der Waals surface area contributed by atoms with Gasteiger partial charge in [-0.3, -0.25) is 9.59 Å². The SMILES string of the molecule is C=C(C)[C@H]1CC[C@@]2(C(=O)OC)CC[C@]3(C)[C@@H](CC[C@H]4[C@@]5(C)CC(=Cc6ccccc6)C(=O)C(C)(C)[C@H]5CC[C@]43C)[C@@H]12. The Balaban J connectivity index is 1.42. The molecule has 5 saturated carbocycles. The number of rotatable bonds is 3. The zero-order valence-electron chi connectivity index (χ0n) is 26.6. The summed E-state index contributed by atoms with van der Waals surface area (Å²) in [4.78, 5) is 27.5. The number of hydrogen-bond acceptors (Lipinski definition) is 3. The molecular weight excluding hydrogens is 504 g/mol. The van der Waals surface area contributed by atoms with E-state index < -0.39 is 0 Å². The second kappa shape index (κ2) is 9.42. The quantitative estimate of drug-likeness (QED) is 0.212. The molecule has 5 aliphatic carbocycles. The predicted molar refractivity (Wildman–Crippen MR) is 166 cm³/mol. The third-order valence-corrected chi connectivity index (χ3v) is 14.4. The third-order valence-electron chi connectivity index (χ3n) is 14.4. The average Bonchev–Trinajstić information content (AvgIpc) is 3.33. The lowest BCUT2D eigenvalue weighted by atomic mass is 9.32. The van der Waals surface area contributed by atoms with Crippen molar-refractivity contribution in [3.63, 3.8) is 0 Å². The molecule has 0 radical (unpaired) electrons. The zero-order valence-corrected chi connectivity index (χ0v) is 26.6. The van der Waals surface area contributed by atoms with E-state index in [0.717, 1.165) is 49.7 Å². The van der Waals surface area contributed by atoms with Crippen LogP contribution in [0.1, 0.15) is 105 Å². The fraction of sp³-hybridized carbons (Fsp3) is 0.684. The van der Waals surface area contributed by atoms with E-state index in [1.54, 1.807) is 7.11 Å². The highest BCUT2D eigenvalue weighted by Gasteiger charge is 2.72. The summed E-state index contributed by atoms with van der Waals surface area (Å²) in [7, 11) is 1.59. The first-order valence-corrected chi connectivity index (χ1v) is 16.3. The molecule has 0 bridgehead atoms. The normalized spacial score (nSPS) is 45.7. The second-order valence-corrected chi connectivity index (χ2v) is 16.1. The monoisotopic (exact) mass is 556 g/mol. The third kappa shape index (κ3) is 3.75. The van der Waals surface area contributed by atoms with E-state index >= 15 is 0 Å². The van der Waals surface area contributed by atoms with Crippen LogP contribution in [0.15, 0.2) is 48.1 Å². The van der Waals surface area contributed by atoms with Gasteiger partial charge in [0.25, 0.3) is 0 Å². The van der Waals surface area contributed by atoms with Crippen molar-refractivity contribution in [2.45, 2.75) is 99.3 Å². The lowest BCUT2D eigenvalue weighted by Crippen LogP contribution is -2.67. The van der Waals surface area contributed by atoms with Crippen LogP contribution < -0.4 is 0 Å². The summed E-state index contributed by atoms with van der Waals surface area (Å²) in [6.07, 6.45) is 11.7. The molecule has 5 aliphatic rings. The summed E-state index contributed by atoms with van der Waals surface area (Å²) in [5.41, 5.74) is 3.06. The van der Waals surface area contributed by atoms with Crippen molar-refractivity contribution < 1.29 is 14.3 Å². The number of benzene rings is 1. The Hall–Kier alpha value is -2.16. The molecule has 0 spiro atoms. The van der Waals surface area contributed by atoms with Gasteiger partial charge in [-0.15, -0.1) is 0 Å². The predicted octanol–water partition coefficient (Wildman–Crippen LogP) is 9.08. The van der Waals surface area contributed by atoms with Gasteiger partial charge >= 0.3 is 5.97 Å². The van der Waals surface area contributed by atoms with Crippen molar-refractivity contribution in [2.24, 2.45) is 56.7 Å². The molecule has 0 aromatic heterocycles. The number of allylic oxidation sites excluding steroid dienone is 2. The van der Waals surface area contributed by atoms with Crippen LogP contribution in [-0.4, -0.2) is 18.9 Å². The molecule has 3 nitrogen and oxygen atoms in total. The van der Waals surface area contributed by atoms with Gasteiger partial charge in [0, 0.05) is 5.41 Å². The summed E-state index contributed by atoms with van der Waals surface area (Å²) >= 11 is 0. The van der Waals surface area contributed by atoms with E-state index in [1.807, 2.05) is 6.07 Å². The first kappa shape index (κ1) is 28.9. The number of fused-ring (bicyclic) bond motifs is 7. The summed E-state index contributed by atoms with van der Waals surface area (Å²) < 4.78 is 5.54. The molecule has 222 valence electrons. The number of esters is 1. The molecule has 0 N–H and O–H groups in total. The molecule has 1 aromatic rings. The van der Waals surface area contributed by atoms with Gasteiger partial charge in [0.15, 0.2) is 5.78 Å². The number of ketones is 1. The van der Waals surface area contributed by atoms with Crippen molar-refractivity contribution in [3.05, 3.63) is 53.6 Å². The Morgan fingerprint density at radius 1 is 0.902 bits per heavy atom. The van der Waals surface area contributed by atoms with Crippen molar-refractivity contribution in [2.75, 3.05) is 7.11 Å². The highest BCUT2D eigenvalue weighted by molar-refractivity contribution is 6.04. The average molecular weight is 557 g/mol. The molecule has 0 amide bonds. The molecule has 5 fully saturated rings. The fourth-order valence-electron chi connectivity index (χ4n) is 12.4. The largest absolute Gasteiger partial charge is 0.469 e. The number of methoxy groups -OCH3 is 1. The molecule has 1 aromatic carbocycles. The zero-order chi connectivity index (χ0) is 29.6. The number of Topliss-reactive ketones (excluding diaryl/α,β-unsaturated/α-hetero) is 1. The highest BCUT2D eigenvalue weighted by Crippen LogP contribution is 2.77. The van der Waals surface area contributed by atoms with E-state index in [0.29, 0.717) is 35.4 Å². The minimum absolute atomic E-state index is 0.0273. The van der Waals surface area contributed by atoms with Crippen LogP contribution in [0.3, 0.4) is 0 Å². The van der Waals surface area contributed by atoms with Gasteiger partial charge in [0.1, 0.15) is 0 Å². The van der Waals surface area contributed by atoms with Crippen LogP contribution >= 0.6 is 0 Å². The van der Waals surface area contributed by atoms with Crippen LogP contribution in [0.4, 0.5) is 0 Å². The van der Waals surface area contributed by atoms with E-state index in [4.69, 9.17) is 4.74 Å². The highest BCUT2D eigenvalue weighted by atomic mass is 16.5. The summed E-state index contributed by atoms with van der Waals surface area (Å²) in [6.45, 7) is 18.9. The lowest BCUT2D eigenvalue weighted by Gasteiger charge is -2.72. The Morgan fingerprint density at radius 2 is 1.61 bits per heavy atom. The van der Waals surface area contributed by atoms with Gasteiger partial charge in [-0.25, -0.2) is 0 Å². The molecule has 0 heterocycles. The van der Waals surface area contributed by atoms with Gasteiger partial charge < -0.3 is 4.74 Å². The molecule has 41 heavy (non-hydrogen) atoms. The van der Waals surface area contributed by atoms with Crippen LogP contribution in [-0.2, 0) is 14.3 Å². The van der Waals surface area contributed by atoms with E-state index in [1.165, 1.54) is 24.8 Å². The lowest BCUT2D eigenvalue weighted by molar-refractivity contribution is -0.232. The van der Waals surface area contributed by atoms with Crippen LogP contribution in [0.25, 0.3) is 6.08 Å². The van der Waals surface area contributed by atoms with E-state index in [-0.39, 0.29) is 33.0 Å². The standard InChI is InChI=1S/C38H52O3/c1-24(2)27-16-19-38(33(40)41-8)21-20-36(6)28(31(27)38)14-15-30-35(5)23-26(22-25-12-10-9-11-13-25)32(39)34(3,4)29(35)17-18-37(30,36)7/h9-13,22,27-31H,1,14-21,23H2,2-8H3/t27-,28+,29-,30+,31-,35+,36-,37-,38-/m1/s1. The number of hydrogen-bond donors (Lipinski definition) is 0. The number of carbonyl (C=O) groups is 2. The summed E-state index contributed by atoms with van der Waals surface area (Å²) in [6, 6.07) is 10.4. The Labute approximate surface area is 248 Å². The Bertz CT molecular complexity index is 1290. The first-order chi connectivity index (χ1) is 19.3. The Kier molecular flexibility index (Phi) is 6.65. The topological polar surface area (TPSA) is 43.4 Å². The van der Waals surface area contributed by atoms with Gasteiger partial charge in [-0.2, -0.15) is 0 Å². The van der Waals surface area contributed by atoms with Gasteiger partial charge in [-0.1, -0.05) is 77.1 Å². The minimum Gasteiger partial charge on any atom is -0.469 e. The van der Waals surface area contributed by atoms with E-state index in [9.17, 15) is 9.59 Å². The van der Waals surface area contributed by atoms with E-state index in [2.05, 4.69) is 78.5 Å². The van der Waals surface area contributed by atoms with Crippen molar-refractivity contribution in [1.29, 1.82) is 0 Å². The maximum atomic E-state index is 14.0. The van der Waals surface area contributed by atoms with Gasteiger partial charge in [-0.05, 0) is 128 Å². The van der Waals surface area contributed by atoms with Crippen LogP contribution in [0, 0.1) is 56.7 Å². The Morgan fingerprint density at radius 3 is 2.27 bits per heavy atom. The van der Waals surface area contributed by atoms with Crippen molar-refractivity contribution >= 4 is 17.8 Å². The van der Waals surface area contributed by atoms with Gasteiger partial charge in [0.2, 0.25) is 0 Å². The molecule has 0 aliphatic heterocycles. The molecular formula is C38H52O3.